The Labute approximate surface area is 226 Å². The number of halogens is 6. The minimum Gasteiger partial charge on any atom is -0.341 e. The average molecular weight is 564 g/mol. The van der Waals surface area contributed by atoms with Crippen LogP contribution in [-0.4, -0.2) is 22.5 Å². The Balaban J connectivity index is 1.59. The highest BCUT2D eigenvalue weighted by molar-refractivity contribution is 6.12. The fourth-order valence-corrected chi connectivity index (χ4v) is 4.62. The summed E-state index contributed by atoms with van der Waals surface area (Å²) in [6.07, 6.45) is -4.51. The summed E-state index contributed by atoms with van der Waals surface area (Å²) in [5.74, 6) is -1.90. The maximum atomic E-state index is 13.6. The Kier molecular flexibility index (Phi) is 6.91. The summed E-state index contributed by atoms with van der Waals surface area (Å²) in [5.41, 5.74) is 6.94. The number of nitrogens with zero attached hydrogens (tertiary/aromatic N) is 3. The lowest BCUT2D eigenvalue weighted by Gasteiger charge is -2.34. The van der Waals surface area contributed by atoms with E-state index in [9.17, 15) is 26.3 Å². The Morgan fingerprint density at radius 3 is 2.33 bits per heavy atom. The smallest absolute Gasteiger partial charge is 0.341 e. The van der Waals surface area contributed by atoms with Crippen LogP contribution in [0.3, 0.4) is 0 Å². The molecule has 2 aromatic carbocycles. The Bertz CT molecular complexity index is 1450. The van der Waals surface area contributed by atoms with Gasteiger partial charge >= 0.3 is 12.4 Å². The second-order valence-electron chi connectivity index (χ2n) is 10.1. The molecule has 0 amide bonds. The van der Waals surface area contributed by atoms with Gasteiger partial charge in [0.05, 0.1) is 17.3 Å². The van der Waals surface area contributed by atoms with Crippen molar-refractivity contribution in [3.63, 3.8) is 0 Å². The van der Waals surface area contributed by atoms with E-state index < -0.39 is 34.8 Å². The summed E-state index contributed by atoms with van der Waals surface area (Å²) in [7, 11) is 0. The van der Waals surface area contributed by atoms with Crippen molar-refractivity contribution in [2.24, 2.45) is 10.7 Å². The van der Waals surface area contributed by atoms with Gasteiger partial charge in [-0.1, -0.05) is 6.07 Å². The molecule has 13 heteroatoms. The Hall–Kier alpha value is -3.84. The van der Waals surface area contributed by atoms with Crippen LogP contribution in [0.15, 0.2) is 59.6 Å². The van der Waals surface area contributed by atoms with Crippen LogP contribution in [0.5, 0.6) is 0 Å². The highest BCUT2D eigenvalue weighted by Gasteiger charge is 2.40. The van der Waals surface area contributed by atoms with Crippen molar-refractivity contribution < 1.29 is 26.3 Å². The van der Waals surface area contributed by atoms with Gasteiger partial charge in [-0.05, 0) is 68.3 Å². The van der Waals surface area contributed by atoms with Gasteiger partial charge in [0, 0.05) is 47.4 Å². The number of nitrogens with one attached hydrogen (secondary N) is 3. The summed E-state index contributed by atoms with van der Waals surface area (Å²) < 4.78 is 83.2. The third kappa shape index (κ3) is 5.56. The van der Waals surface area contributed by atoms with Gasteiger partial charge in [0.15, 0.2) is 0 Å². The van der Waals surface area contributed by atoms with Gasteiger partial charge in [-0.15, -0.1) is 0 Å². The van der Waals surface area contributed by atoms with Gasteiger partial charge in [-0.2, -0.15) is 31.4 Å². The Morgan fingerprint density at radius 2 is 1.70 bits per heavy atom. The number of fused-ring (bicyclic) bond motifs is 1. The number of nitrogens with two attached hydrogens (primary N) is 1. The first-order chi connectivity index (χ1) is 18.7. The lowest BCUT2D eigenvalue weighted by atomic mass is 9.98. The summed E-state index contributed by atoms with van der Waals surface area (Å²) in [5, 5.41) is 13.7. The molecule has 3 aromatic rings. The summed E-state index contributed by atoms with van der Waals surface area (Å²) >= 11 is 0. The van der Waals surface area contributed by atoms with Crippen LogP contribution in [0.2, 0.25) is 0 Å². The lowest BCUT2D eigenvalue weighted by Crippen LogP contribution is -2.52. The zero-order chi connectivity index (χ0) is 28.9. The molecule has 1 atom stereocenters. The molecule has 5 rings (SSSR count). The van der Waals surface area contributed by atoms with Gasteiger partial charge < -0.3 is 16.0 Å². The highest BCUT2D eigenvalue weighted by Crippen LogP contribution is 2.39. The van der Waals surface area contributed by atoms with E-state index in [1.807, 2.05) is 32.0 Å². The van der Waals surface area contributed by atoms with E-state index in [0.717, 1.165) is 18.5 Å². The highest BCUT2D eigenvalue weighted by atomic mass is 19.4. The van der Waals surface area contributed by atoms with Crippen LogP contribution in [0, 0.1) is 0 Å². The van der Waals surface area contributed by atoms with E-state index in [2.05, 4.69) is 26.0 Å². The van der Waals surface area contributed by atoms with Crippen molar-refractivity contribution in [1.29, 1.82) is 0 Å². The molecule has 3 heterocycles. The Morgan fingerprint density at radius 1 is 1.00 bits per heavy atom. The summed E-state index contributed by atoms with van der Waals surface area (Å²) in [6.45, 7) is 5.41. The quantitative estimate of drug-likeness (QED) is 0.314. The third-order valence-electron chi connectivity index (χ3n) is 6.81. The largest absolute Gasteiger partial charge is 0.416 e. The molecule has 5 N–H and O–H groups in total. The van der Waals surface area contributed by atoms with Crippen LogP contribution < -0.4 is 21.7 Å². The zero-order valence-electron chi connectivity index (χ0n) is 21.6. The normalized spacial score (nSPS) is 19.6. The fourth-order valence-electron chi connectivity index (χ4n) is 4.62. The van der Waals surface area contributed by atoms with E-state index in [0.29, 0.717) is 35.5 Å². The first-order valence-corrected chi connectivity index (χ1v) is 12.5. The zero-order valence-corrected chi connectivity index (χ0v) is 21.6. The molecule has 0 spiro atoms. The summed E-state index contributed by atoms with van der Waals surface area (Å²) in [6, 6.07) is 7.01. The predicted molar refractivity (Wildman–Crippen MR) is 139 cm³/mol. The molecular formula is C27H27F6N7. The van der Waals surface area contributed by atoms with E-state index in [-0.39, 0.29) is 17.9 Å². The second-order valence-corrected chi connectivity index (χ2v) is 10.1. The van der Waals surface area contributed by atoms with E-state index >= 15 is 0 Å². The van der Waals surface area contributed by atoms with Crippen molar-refractivity contribution in [3.8, 4) is 0 Å². The maximum absolute atomic E-state index is 13.6. The van der Waals surface area contributed by atoms with Crippen molar-refractivity contribution in [2.45, 2.75) is 51.0 Å². The SMILES string of the molecule is CC(C)n1cc(C2=C(Nc3ccc4c(c3)CNCC4)NC(N)(c3cc(C(F)(F)F)cc(C(F)(F)F)c3)N=C2)cn1. The van der Waals surface area contributed by atoms with Crippen molar-refractivity contribution in [2.75, 3.05) is 11.9 Å². The van der Waals surface area contributed by atoms with Gasteiger partial charge in [-0.3, -0.25) is 10.4 Å². The molecule has 2 aliphatic rings. The molecule has 212 valence electrons. The number of allylic oxidation sites excluding steroid dienone is 1. The minimum atomic E-state index is -5.03. The minimum absolute atomic E-state index is 0.0480. The number of benzene rings is 2. The lowest BCUT2D eigenvalue weighted by molar-refractivity contribution is -0.143. The fraction of sp³-hybridized carbons (Fsp3) is 0.333. The number of hydrogen-bond donors (Lipinski definition) is 4. The van der Waals surface area contributed by atoms with Gasteiger partial charge in [0.25, 0.3) is 0 Å². The number of rotatable bonds is 5. The molecule has 0 bridgehead atoms. The topological polar surface area (TPSA) is 92.3 Å². The van der Waals surface area contributed by atoms with Gasteiger partial charge in [0.2, 0.25) is 5.79 Å². The molecule has 1 unspecified atom stereocenters. The molecule has 0 aliphatic carbocycles. The van der Waals surface area contributed by atoms with E-state index in [4.69, 9.17) is 5.73 Å². The van der Waals surface area contributed by atoms with Gasteiger partial charge in [-0.25, -0.2) is 4.99 Å². The number of alkyl halides is 6. The monoisotopic (exact) mass is 563 g/mol. The first kappa shape index (κ1) is 27.7. The molecule has 0 saturated heterocycles. The van der Waals surface area contributed by atoms with Crippen molar-refractivity contribution in [1.82, 2.24) is 20.4 Å². The van der Waals surface area contributed by atoms with Crippen LogP contribution >= 0.6 is 0 Å². The molecule has 2 aliphatic heterocycles. The van der Waals surface area contributed by atoms with Crippen LogP contribution in [0.1, 0.15) is 53.3 Å². The third-order valence-corrected chi connectivity index (χ3v) is 6.81. The molecule has 0 saturated carbocycles. The van der Waals surface area contributed by atoms with E-state index in [1.54, 1.807) is 17.1 Å². The molecule has 0 radical (unpaired) electrons. The van der Waals surface area contributed by atoms with Crippen molar-refractivity contribution >= 4 is 17.5 Å². The molecule has 0 fully saturated rings. The number of anilines is 1. The first-order valence-electron chi connectivity index (χ1n) is 12.5. The number of aromatic nitrogens is 2. The van der Waals surface area contributed by atoms with Gasteiger partial charge in [0.1, 0.15) is 5.82 Å². The second kappa shape index (κ2) is 9.97. The molecule has 7 nitrogen and oxygen atoms in total. The van der Waals surface area contributed by atoms with Crippen molar-refractivity contribution in [3.05, 3.63) is 88.0 Å². The molecule has 40 heavy (non-hydrogen) atoms. The number of hydrogen-bond acceptors (Lipinski definition) is 6. The van der Waals surface area contributed by atoms with Crippen LogP contribution in [-0.2, 0) is 31.1 Å². The number of aliphatic imine (C=N–C) groups is 1. The molecular weight excluding hydrogens is 536 g/mol. The van der Waals surface area contributed by atoms with Crippen LogP contribution in [0.25, 0.3) is 5.57 Å². The average Bonchev–Trinajstić information content (AvgIpc) is 3.38. The molecule has 1 aromatic heterocycles. The summed E-state index contributed by atoms with van der Waals surface area (Å²) in [4.78, 5) is 4.21. The standard InChI is InChI=1S/C27H27F6N7/c1-15(2)40-14-18(12-37-40)23-13-36-27(34,21-9-19(25(28,29)30)8-20(10-21)26(31,32)33)39-24(23)38-22-4-3-16-5-6-35-11-17(16)7-22/h3-4,7-10,12-15,35,38-39H,5-6,11,34H2,1-2H3. The predicted octanol–water partition coefficient (Wildman–Crippen LogP) is 5.37. The maximum Gasteiger partial charge on any atom is 0.416 e. The van der Waals surface area contributed by atoms with Crippen LogP contribution in [0.4, 0.5) is 32.0 Å². The van der Waals surface area contributed by atoms with E-state index in [1.165, 1.54) is 11.8 Å².